The van der Waals surface area contributed by atoms with Gasteiger partial charge in [-0.15, -0.1) is 0 Å². The van der Waals surface area contributed by atoms with E-state index in [1.165, 1.54) is 0 Å². The molecule has 0 spiro atoms. The number of rotatable bonds is 6. The summed E-state index contributed by atoms with van der Waals surface area (Å²) < 4.78 is 29.8. The third-order valence-corrected chi connectivity index (χ3v) is 6.20. The largest absolute Gasteiger partial charge is 0.748 e. The minimum Gasteiger partial charge on any atom is -0.748 e. The zero-order valence-corrected chi connectivity index (χ0v) is 14.6. The molecule has 0 fully saturated rings. The van der Waals surface area contributed by atoms with Gasteiger partial charge >= 0.3 is 0 Å². The second-order valence-electron chi connectivity index (χ2n) is 5.40. The molecule has 0 aromatic carbocycles. The van der Waals surface area contributed by atoms with Crippen molar-refractivity contribution in [3.8, 4) is 0 Å². The fraction of sp³-hybridized carbons (Fsp3) is 0.923. The van der Waals surface area contributed by atoms with Crippen molar-refractivity contribution >= 4 is 26.8 Å². The SMILES string of the molecule is CCC(=O)C[S+](C)C(C)(C)C.CCCCS(=O)(=O)[O-]. The highest BCUT2D eigenvalue weighted by atomic mass is 32.2. The van der Waals surface area contributed by atoms with Crippen molar-refractivity contribution in [1.82, 2.24) is 0 Å². The zero-order valence-electron chi connectivity index (χ0n) is 13.0. The molecule has 6 heteroatoms. The van der Waals surface area contributed by atoms with Crippen LogP contribution in [0.2, 0.25) is 0 Å². The zero-order chi connectivity index (χ0) is 15.7. The van der Waals surface area contributed by atoms with E-state index in [4.69, 9.17) is 0 Å². The van der Waals surface area contributed by atoms with Crippen molar-refractivity contribution < 1.29 is 17.8 Å². The van der Waals surface area contributed by atoms with E-state index in [0.29, 0.717) is 23.4 Å². The van der Waals surface area contributed by atoms with Crippen LogP contribution < -0.4 is 0 Å². The molecule has 1 unspecified atom stereocenters. The van der Waals surface area contributed by atoms with Gasteiger partial charge in [-0.25, -0.2) is 8.42 Å². The maximum absolute atomic E-state index is 11.1. The second kappa shape index (κ2) is 9.77. The Hall–Kier alpha value is -0.0700. The standard InChI is InChI=1S/C9H19OS.C4H10O3S/c1-6-8(10)7-11(5)9(2,3)4;1-2-3-4-8(5,6)7/h6-7H2,1-5H3;2-4H2,1H3,(H,5,6,7)/q+1;/p-1. The monoisotopic (exact) mass is 312 g/mol. The molecular weight excluding hydrogens is 284 g/mol. The number of Topliss-reactive ketones (excluding diaryl/α,β-unsaturated/α-hetero) is 1. The Morgan fingerprint density at radius 3 is 1.89 bits per heavy atom. The van der Waals surface area contributed by atoms with Crippen LogP contribution in [0.15, 0.2) is 0 Å². The second-order valence-corrected chi connectivity index (χ2v) is 9.71. The van der Waals surface area contributed by atoms with Crippen molar-refractivity contribution in [1.29, 1.82) is 0 Å². The normalized spacial score (nSPS) is 13.4. The van der Waals surface area contributed by atoms with Crippen LogP contribution in [0.3, 0.4) is 0 Å². The Balaban J connectivity index is 0. The summed E-state index contributed by atoms with van der Waals surface area (Å²) in [6.45, 7) is 10.4. The molecular formula is C13H28O4S2. The van der Waals surface area contributed by atoms with Crippen LogP contribution in [0.25, 0.3) is 0 Å². The lowest BCUT2D eigenvalue weighted by atomic mass is 10.3. The van der Waals surface area contributed by atoms with Crippen molar-refractivity contribution in [3.05, 3.63) is 0 Å². The molecule has 19 heavy (non-hydrogen) atoms. The summed E-state index contributed by atoms with van der Waals surface area (Å²) in [5, 5.41) is 0. The molecule has 0 saturated heterocycles. The van der Waals surface area contributed by atoms with Crippen molar-refractivity contribution in [3.63, 3.8) is 0 Å². The van der Waals surface area contributed by atoms with E-state index in [0.717, 1.165) is 12.2 Å². The van der Waals surface area contributed by atoms with Gasteiger partial charge in [0.1, 0.15) is 4.75 Å². The van der Waals surface area contributed by atoms with Crippen molar-refractivity contribution in [2.45, 2.75) is 58.6 Å². The van der Waals surface area contributed by atoms with E-state index in [2.05, 4.69) is 27.0 Å². The molecule has 0 aromatic heterocycles. The lowest BCUT2D eigenvalue weighted by molar-refractivity contribution is -0.116. The predicted molar refractivity (Wildman–Crippen MR) is 82.7 cm³/mol. The van der Waals surface area contributed by atoms with Gasteiger partial charge in [0, 0.05) is 12.2 Å². The number of hydrogen-bond acceptors (Lipinski definition) is 4. The molecule has 0 bridgehead atoms. The Morgan fingerprint density at radius 1 is 1.21 bits per heavy atom. The third kappa shape index (κ3) is 15.9. The Morgan fingerprint density at radius 2 is 1.68 bits per heavy atom. The molecule has 0 radical (unpaired) electrons. The molecule has 0 aliphatic heterocycles. The van der Waals surface area contributed by atoms with E-state index < -0.39 is 10.1 Å². The first kappa shape index (κ1) is 21.2. The summed E-state index contributed by atoms with van der Waals surface area (Å²) in [6, 6.07) is 0. The summed E-state index contributed by atoms with van der Waals surface area (Å²) in [5.74, 6) is 0.939. The molecule has 0 amide bonds. The van der Waals surface area contributed by atoms with Gasteiger partial charge in [0.2, 0.25) is 0 Å². The Kier molecular flexibility index (Phi) is 10.9. The molecule has 4 nitrogen and oxygen atoms in total. The number of ketones is 1. The lowest BCUT2D eigenvalue weighted by Crippen LogP contribution is -2.32. The maximum atomic E-state index is 11.1. The van der Waals surface area contributed by atoms with Gasteiger partial charge in [0.05, 0.1) is 16.4 Å². The van der Waals surface area contributed by atoms with E-state index >= 15 is 0 Å². The first-order valence-corrected chi connectivity index (χ1v) is 9.89. The van der Waals surface area contributed by atoms with Gasteiger partial charge in [-0.3, -0.25) is 4.79 Å². The van der Waals surface area contributed by atoms with Crippen LogP contribution in [0.4, 0.5) is 0 Å². The highest BCUT2D eigenvalue weighted by Crippen LogP contribution is 2.16. The van der Waals surface area contributed by atoms with Crippen LogP contribution in [-0.4, -0.2) is 41.3 Å². The summed E-state index contributed by atoms with van der Waals surface area (Å²) in [7, 11) is -3.70. The molecule has 116 valence electrons. The van der Waals surface area contributed by atoms with Crippen molar-refractivity contribution in [2.75, 3.05) is 17.8 Å². The topological polar surface area (TPSA) is 74.3 Å². The molecule has 0 aliphatic carbocycles. The molecule has 0 heterocycles. The average molecular weight is 312 g/mol. The predicted octanol–water partition coefficient (Wildman–Crippen LogP) is 2.34. The summed E-state index contributed by atoms with van der Waals surface area (Å²) >= 11 is 0. The van der Waals surface area contributed by atoms with Gasteiger partial charge in [-0.05, 0) is 38.1 Å². The summed E-state index contributed by atoms with van der Waals surface area (Å²) in [6.07, 6.45) is 4.09. The Labute approximate surface area is 121 Å². The highest BCUT2D eigenvalue weighted by Gasteiger charge is 2.30. The van der Waals surface area contributed by atoms with Crippen LogP contribution in [-0.2, 0) is 25.8 Å². The van der Waals surface area contributed by atoms with Gasteiger partial charge < -0.3 is 4.55 Å². The fourth-order valence-electron chi connectivity index (χ4n) is 0.881. The third-order valence-electron chi connectivity index (χ3n) is 2.57. The number of carbonyl (C=O) groups excluding carboxylic acids is 1. The minimum absolute atomic E-state index is 0.219. The summed E-state index contributed by atoms with van der Waals surface area (Å²) in [5.41, 5.74) is 0. The van der Waals surface area contributed by atoms with Gasteiger partial charge in [-0.2, -0.15) is 0 Å². The number of hydrogen-bond donors (Lipinski definition) is 0. The van der Waals surface area contributed by atoms with E-state index in [1.807, 2.05) is 13.8 Å². The fourth-order valence-corrected chi connectivity index (χ4v) is 2.64. The molecule has 1 atom stereocenters. The van der Waals surface area contributed by atoms with Gasteiger partial charge in [-0.1, -0.05) is 20.3 Å². The van der Waals surface area contributed by atoms with Crippen LogP contribution in [0.5, 0.6) is 0 Å². The maximum Gasteiger partial charge on any atom is 0.181 e. The average Bonchev–Trinajstić information content (AvgIpc) is 2.24. The minimum atomic E-state index is -3.94. The van der Waals surface area contributed by atoms with Gasteiger partial charge in [0.25, 0.3) is 0 Å². The lowest BCUT2D eigenvalue weighted by Gasteiger charge is -2.17. The molecule has 0 aromatic rings. The first-order valence-electron chi connectivity index (χ1n) is 6.52. The van der Waals surface area contributed by atoms with Crippen LogP contribution in [0.1, 0.15) is 53.9 Å². The van der Waals surface area contributed by atoms with E-state index in [-0.39, 0.29) is 16.6 Å². The molecule has 0 aliphatic rings. The van der Waals surface area contributed by atoms with Crippen LogP contribution >= 0.6 is 0 Å². The van der Waals surface area contributed by atoms with E-state index in [9.17, 15) is 17.8 Å². The first-order chi connectivity index (χ1) is 8.44. The smallest absolute Gasteiger partial charge is 0.181 e. The number of unbranched alkanes of at least 4 members (excludes halogenated alkanes) is 1. The Bertz CT molecular complexity index is 342. The number of carbonyl (C=O) groups is 1. The van der Waals surface area contributed by atoms with E-state index in [1.54, 1.807) is 0 Å². The molecule has 0 rings (SSSR count). The highest BCUT2D eigenvalue weighted by molar-refractivity contribution is 7.98. The molecule has 0 saturated carbocycles. The van der Waals surface area contributed by atoms with Crippen molar-refractivity contribution in [2.24, 2.45) is 0 Å². The van der Waals surface area contributed by atoms with Gasteiger partial charge in [0.15, 0.2) is 11.5 Å². The van der Waals surface area contributed by atoms with Crippen LogP contribution in [0, 0.1) is 0 Å². The quantitative estimate of drug-likeness (QED) is 0.557. The molecule has 0 N–H and O–H groups in total. The summed E-state index contributed by atoms with van der Waals surface area (Å²) in [4.78, 5) is 11.1.